The Labute approximate surface area is 351 Å². The molecule has 4 aromatic rings. The number of carbonyl (C=O) groups is 4. The molecule has 0 fully saturated rings. The molecule has 0 bridgehead atoms. The van der Waals surface area contributed by atoms with Crippen LogP contribution < -0.4 is 16.0 Å². The summed E-state index contributed by atoms with van der Waals surface area (Å²) >= 11 is 3.00. The van der Waals surface area contributed by atoms with E-state index in [1.807, 2.05) is 74.7 Å². The Morgan fingerprint density at radius 1 is 0.845 bits per heavy atom. The largest absolute Gasteiger partial charge is 0.444 e. The minimum absolute atomic E-state index is 0.0601. The molecule has 14 heteroatoms. The van der Waals surface area contributed by atoms with Crippen molar-refractivity contribution in [3.05, 3.63) is 104 Å². The number of aromatic nitrogens is 2. The molecule has 3 N–H and O–H groups in total. The Morgan fingerprint density at radius 3 is 2.16 bits per heavy atom. The molecule has 3 atom stereocenters. The number of urea groups is 1. The molecule has 4 rings (SSSR count). The van der Waals surface area contributed by atoms with E-state index in [0.717, 1.165) is 26.7 Å². The van der Waals surface area contributed by atoms with Gasteiger partial charge in [-0.3, -0.25) is 9.78 Å². The van der Waals surface area contributed by atoms with Crippen LogP contribution in [0.3, 0.4) is 0 Å². The Bertz CT molecular complexity index is 1830. The van der Waals surface area contributed by atoms with Gasteiger partial charge in [-0.2, -0.15) is 0 Å². The third kappa shape index (κ3) is 17.4. The number of rotatable bonds is 22. The Balaban J connectivity index is 1.46. The fraction of sp³-hybridized carbons (Fsp3) is 0.500. The highest BCUT2D eigenvalue weighted by Gasteiger charge is 2.27. The van der Waals surface area contributed by atoms with Crippen molar-refractivity contribution < 1.29 is 28.7 Å². The van der Waals surface area contributed by atoms with E-state index in [1.165, 1.54) is 11.3 Å². The number of benzene rings is 2. The minimum Gasteiger partial charge on any atom is -0.444 e. The number of ketones is 1. The molecule has 2 aromatic heterocycles. The summed E-state index contributed by atoms with van der Waals surface area (Å²) in [6.07, 6.45) is 5.04. The van der Waals surface area contributed by atoms with Gasteiger partial charge in [-0.15, -0.1) is 22.7 Å². The molecule has 314 valence electrons. The lowest BCUT2D eigenvalue weighted by atomic mass is 9.86. The van der Waals surface area contributed by atoms with E-state index in [1.54, 1.807) is 35.0 Å². The maximum absolute atomic E-state index is 14.4. The van der Waals surface area contributed by atoms with E-state index < -0.39 is 23.8 Å². The molecule has 0 saturated heterocycles. The molecule has 0 radical (unpaired) electrons. The summed E-state index contributed by atoms with van der Waals surface area (Å²) in [5, 5.41) is 11.9. The third-order valence-electron chi connectivity index (χ3n) is 9.34. The van der Waals surface area contributed by atoms with Crippen LogP contribution in [0.1, 0.15) is 106 Å². The molecule has 2 aromatic carbocycles. The van der Waals surface area contributed by atoms with Crippen LogP contribution in [0.4, 0.5) is 14.4 Å². The van der Waals surface area contributed by atoms with Gasteiger partial charge in [0.25, 0.3) is 0 Å². The van der Waals surface area contributed by atoms with Gasteiger partial charge < -0.3 is 30.3 Å². The van der Waals surface area contributed by atoms with Gasteiger partial charge in [0.1, 0.15) is 12.2 Å². The van der Waals surface area contributed by atoms with Gasteiger partial charge >= 0.3 is 18.2 Å². The van der Waals surface area contributed by atoms with Crippen molar-refractivity contribution in [3.63, 3.8) is 0 Å². The Morgan fingerprint density at radius 2 is 1.53 bits per heavy atom. The van der Waals surface area contributed by atoms with Gasteiger partial charge in [-0.1, -0.05) is 74.5 Å². The van der Waals surface area contributed by atoms with Crippen LogP contribution in [0.15, 0.2) is 77.8 Å². The number of nitrogens with zero attached hydrogens (tertiary/aromatic N) is 3. The number of carbonyl (C=O) groups excluding carboxylic acids is 4. The van der Waals surface area contributed by atoms with Crippen molar-refractivity contribution in [2.75, 3.05) is 13.6 Å². The first-order valence-electron chi connectivity index (χ1n) is 20.1. The number of hydrogen-bond acceptors (Lipinski definition) is 10. The molecule has 0 spiro atoms. The number of alkyl carbamates (subject to hydrolysis) is 2. The maximum Gasteiger partial charge on any atom is 0.407 e. The number of ether oxygens (including phenoxy) is 2. The van der Waals surface area contributed by atoms with Crippen molar-refractivity contribution >= 4 is 46.7 Å². The number of Topliss-reactive ketones (excluding diaryl/α,β-unsaturated/α-hetero) is 1. The fourth-order valence-electron chi connectivity index (χ4n) is 6.40. The highest BCUT2D eigenvalue weighted by atomic mass is 32.1. The van der Waals surface area contributed by atoms with Crippen molar-refractivity contribution in [1.82, 2.24) is 30.8 Å². The first-order valence-corrected chi connectivity index (χ1v) is 21.8. The van der Waals surface area contributed by atoms with Crippen LogP contribution in [0.2, 0.25) is 0 Å². The van der Waals surface area contributed by atoms with Crippen molar-refractivity contribution in [2.45, 2.75) is 123 Å². The quantitative estimate of drug-likeness (QED) is 0.0664. The molecular weight excluding hydrogens is 773 g/mol. The highest BCUT2D eigenvalue weighted by Crippen LogP contribution is 2.24. The SMILES string of the molecule is CC(C)c1nc(CN(C)C(=O)NC(CCCCNC(=O)OC(C)(C)C)C(=O)CC(CCC(Cc2ccccc2)NC(=O)OCc2cncs2)Cc2ccccc2)cs1. The van der Waals surface area contributed by atoms with Crippen LogP contribution in [0, 0.1) is 5.92 Å². The summed E-state index contributed by atoms with van der Waals surface area (Å²) < 4.78 is 10.9. The van der Waals surface area contributed by atoms with E-state index in [-0.39, 0.29) is 36.8 Å². The second-order valence-electron chi connectivity index (χ2n) is 16.0. The van der Waals surface area contributed by atoms with E-state index >= 15 is 0 Å². The van der Waals surface area contributed by atoms with Gasteiger partial charge in [0, 0.05) is 43.5 Å². The van der Waals surface area contributed by atoms with Crippen molar-refractivity contribution in [2.24, 2.45) is 5.92 Å². The Kier molecular flexibility index (Phi) is 18.6. The van der Waals surface area contributed by atoms with Crippen LogP contribution in [-0.4, -0.2) is 70.1 Å². The maximum atomic E-state index is 14.4. The zero-order valence-corrected chi connectivity index (χ0v) is 36.3. The number of thiazole rings is 2. The topological polar surface area (TPSA) is 152 Å². The smallest absolute Gasteiger partial charge is 0.407 e. The second-order valence-corrected chi connectivity index (χ2v) is 17.9. The molecule has 12 nitrogen and oxygen atoms in total. The van der Waals surface area contributed by atoms with Crippen LogP contribution in [0.5, 0.6) is 0 Å². The van der Waals surface area contributed by atoms with Gasteiger partial charge in [0.05, 0.1) is 33.7 Å². The zero-order valence-electron chi connectivity index (χ0n) is 34.7. The first-order chi connectivity index (χ1) is 27.7. The summed E-state index contributed by atoms with van der Waals surface area (Å²) in [6.45, 7) is 10.4. The molecular formula is C44H60N6O6S2. The standard InChI is InChI=1S/C44H60N6O6S2/c1-31(2)40-47-36(29-57-40)27-50(6)41(52)49-38(19-13-14-22-46-42(53)56-44(3,4)5)39(51)25-34(23-32-15-9-7-10-16-32)20-21-35(24-33-17-11-8-12-18-33)48-43(54)55-28-37-26-45-30-58-37/h7-12,15-18,26,29-31,34-35,38H,13-14,19-25,27-28H2,1-6H3,(H,46,53)(H,48,54)(H,49,52). The average molecular weight is 833 g/mol. The van der Waals surface area contributed by atoms with Crippen LogP contribution >= 0.6 is 22.7 Å². The predicted molar refractivity (Wildman–Crippen MR) is 230 cm³/mol. The number of unbranched alkanes of at least 4 members (excludes halogenated alkanes) is 1. The number of hydrogen-bond donors (Lipinski definition) is 3. The lowest BCUT2D eigenvalue weighted by Crippen LogP contribution is -2.47. The minimum atomic E-state index is -0.739. The summed E-state index contributed by atoms with van der Waals surface area (Å²) in [5.41, 5.74) is 4.08. The van der Waals surface area contributed by atoms with Gasteiger partial charge in [-0.05, 0) is 82.8 Å². The van der Waals surface area contributed by atoms with E-state index in [0.29, 0.717) is 64.0 Å². The summed E-state index contributed by atoms with van der Waals surface area (Å²) in [5.74, 6) is 0.162. The van der Waals surface area contributed by atoms with E-state index in [4.69, 9.17) is 9.47 Å². The average Bonchev–Trinajstić information content (AvgIpc) is 3.88. The zero-order chi connectivity index (χ0) is 41.9. The second kappa shape index (κ2) is 23.6. The highest BCUT2D eigenvalue weighted by molar-refractivity contribution is 7.09. The van der Waals surface area contributed by atoms with Crippen LogP contribution in [-0.2, 0) is 40.3 Å². The molecule has 4 amide bonds. The monoisotopic (exact) mass is 832 g/mol. The molecule has 0 saturated carbocycles. The molecule has 3 unspecified atom stereocenters. The van der Waals surface area contributed by atoms with E-state index in [9.17, 15) is 19.2 Å². The van der Waals surface area contributed by atoms with Crippen molar-refractivity contribution in [3.8, 4) is 0 Å². The Hall–Kier alpha value is -4.82. The molecule has 0 aliphatic heterocycles. The predicted octanol–water partition coefficient (Wildman–Crippen LogP) is 9.06. The molecule has 0 aliphatic rings. The summed E-state index contributed by atoms with van der Waals surface area (Å²) in [4.78, 5) is 64.3. The van der Waals surface area contributed by atoms with Crippen LogP contribution in [0.25, 0.3) is 0 Å². The van der Waals surface area contributed by atoms with Crippen molar-refractivity contribution in [1.29, 1.82) is 0 Å². The van der Waals surface area contributed by atoms with Gasteiger partial charge in [-0.25, -0.2) is 19.4 Å². The number of nitrogens with one attached hydrogen (secondary N) is 3. The summed E-state index contributed by atoms with van der Waals surface area (Å²) in [7, 11) is 1.70. The molecule has 0 aliphatic carbocycles. The molecule has 2 heterocycles. The van der Waals surface area contributed by atoms with E-state index in [2.05, 4.69) is 51.9 Å². The number of amides is 4. The van der Waals surface area contributed by atoms with Gasteiger partial charge in [0.2, 0.25) is 0 Å². The summed E-state index contributed by atoms with van der Waals surface area (Å²) in [6, 6.07) is 18.7. The molecule has 58 heavy (non-hydrogen) atoms. The lowest BCUT2D eigenvalue weighted by molar-refractivity contribution is -0.122. The fourth-order valence-corrected chi connectivity index (χ4v) is 7.73. The first kappa shape index (κ1) is 45.9. The lowest BCUT2D eigenvalue weighted by Gasteiger charge is -2.26. The normalized spacial score (nSPS) is 12.9. The van der Waals surface area contributed by atoms with Gasteiger partial charge in [0.15, 0.2) is 5.78 Å². The third-order valence-corrected chi connectivity index (χ3v) is 11.3.